The fraction of sp³-hybridized carbons (Fsp3) is 0.364. The Morgan fingerprint density at radius 1 is 1.06 bits per heavy atom. The molecule has 0 fully saturated rings. The maximum Gasteiger partial charge on any atom is 0.417 e. The van der Waals surface area contributed by atoms with Gasteiger partial charge in [-0.2, -0.15) is 26.3 Å². The Labute approximate surface area is 179 Å². The van der Waals surface area contributed by atoms with Crippen LogP contribution in [-0.2, 0) is 18.8 Å². The third kappa shape index (κ3) is 3.93. The lowest BCUT2D eigenvalue weighted by atomic mass is 9.91. The molecule has 0 saturated carbocycles. The van der Waals surface area contributed by atoms with Crippen molar-refractivity contribution in [3.05, 3.63) is 52.1 Å². The van der Waals surface area contributed by atoms with Crippen molar-refractivity contribution >= 4 is 0 Å². The maximum absolute atomic E-state index is 13.5. The van der Waals surface area contributed by atoms with E-state index in [2.05, 4.69) is 11.8 Å². The molecule has 0 spiro atoms. The SMILES string of the molecule is COc1c2c(cc3c1C(C#Cc1ccc(C(F)(F)F)cc1C(F)(F)F)N(C)CC3)OCO2. The molecule has 1 atom stereocenters. The highest BCUT2D eigenvalue weighted by molar-refractivity contribution is 5.63. The second kappa shape index (κ2) is 7.81. The molecule has 0 radical (unpaired) electrons. The van der Waals surface area contributed by atoms with Gasteiger partial charge in [-0.1, -0.05) is 11.8 Å². The molecule has 0 aliphatic carbocycles. The van der Waals surface area contributed by atoms with Gasteiger partial charge in [0.2, 0.25) is 12.5 Å². The summed E-state index contributed by atoms with van der Waals surface area (Å²) in [5, 5.41) is 0. The monoisotopic (exact) mass is 457 g/mol. The molecule has 4 rings (SSSR count). The van der Waals surface area contributed by atoms with Gasteiger partial charge in [-0.05, 0) is 43.3 Å². The molecule has 1 unspecified atom stereocenters. The van der Waals surface area contributed by atoms with E-state index in [0.29, 0.717) is 41.8 Å². The number of likely N-dealkylation sites (N-methyl/N-ethyl adjacent to an activating group) is 1. The molecule has 0 saturated heterocycles. The number of fused-ring (bicyclic) bond motifs is 2. The lowest BCUT2D eigenvalue weighted by molar-refractivity contribution is -0.143. The average molecular weight is 457 g/mol. The lowest BCUT2D eigenvalue weighted by Crippen LogP contribution is -2.31. The highest BCUT2D eigenvalue weighted by atomic mass is 19.4. The molecular weight excluding hydrogens is 440 g/mol. The van der Waals surface area contributed by atoms with Gasteiger partial charge < -0.3 is 14.2 Å². The first kappa shape index (κ1) is 22.1. The highest BCUT2D eigenvalue weighted by Gasteiger charge is 2.38. The van der Waals surface area contributed by atoms with Crippen LogP contribution in [0, 0.1) is 11.8 Å². The van der Waals surface area contributed by atoms with Crippen LogP contribution in [-0.4, -0.2) is 32.4 Å². The van der Waals surface area contributed by atoms with Crippen LogP contribution in [0.2, 0.25) is 0 Å². The van der Waals surface area contributed by atoms with E-state index < -0.39 is 35.1 Å². The van der Waals surface area contributed by atoms with Gasteiger partial charge in [0.15, 0.2) is 11.5 Å². The van der Waals surface area contributed by atoms with Crippen molar-refractivity contribution in [2.75, 3.05) is 27.5 Å². The third-order valence-corrected chi connectivity index (χ3v) is 5.39. The number of nitrogens with zero attached hydrogens (tertiary/aromatic N) is 1. The average Bonchev–Trinajstić information content (AvgIpc) is 3.18. The maximum atomic E-state index is 13.5. The first-order valence-electron chi connectivity index (χ1n) is 9.50. The first-order valence-corrected chi connectivity index (χ1v) is 9.50. The molecule has 170 valence electrons. The number of hydrogen-bond acceptors (Lipinski definition) is 4. The number of ether oxygens (including phenoxy) is 3. The minimum atomic E-state index is -4.99. The van der Waals surface area contributed by atoms with Crippen molar-refractivity contribution in [2.45, 2.75) is 24.8 Å². The molecule has 2 aliphatic heterocycles. The quantitative estimate of drug-likeness (QED) is 0.444. The Balaban J connectivity index is 1.82. The summed E-state index contributed by atoms with van der Waals surface area (Å²) < 4.78 is 95.6. The van der Waals surface area contributed by atoms with E-state index in [1.807, 2.05) is 4.90 Å². The van der Waals surface area contributed by atoms with E-state index in [4.69, 9.17) is 14.2 Å². The van der Waals surface area contributed by atoms with E-state index in [1.165, 1.54) is 7.11 Å². The van der Waals surface area contributed by atoms with Crippen molar-refractivity contribution in [2.24, 2.45) is 0 Å². The summed E-state index contributed by atoms with van der Waals surface area (Å²) in [6.07, 6.45) is -9.26. The summed E-state index contributed by atoms with van der Waals surface area (Å²) in [5.41, 5.74) is -1.86. The number of benzene rings is 2. The molecule has 0 aromatic heterocycles. The molecule has 0 bridgehead atoms. The summed E-state index contributed by atoms with van der Waals surface area (Å²) in [7, 11) is 3.19. The Bertz CT molecular complexity index is 1110. The molecular formula is C22H17F6NO3. The fourth-order valence-electron chi connectivity index (χ4n) is 3.83. The van der Waals surface area contributed by atoms with Crippen LogP contribution in [0.15, 0.2) is 24.3 Å². The van der Waals surface area contributed by atoms with Crippen molar-refractivity contribution in [1.82, 2.24) is 4.90 Å². The van der Waals surface area contributed by atoms with E-state index >= 15 is 0 Å². The van der Waals surface area contributed by atoms with Crippen LogP contribution < -0.4 is 14.2 Å². The van der Waals surface area contributed by atoms with Gasteiger partial charge in [-0.3, -0.25) is 4.90 Å². The number of halogens is 6. The standard InChI is InChI=1S/C22H17F6NO3/c1-29-8-7-13-9-17-19(32-11-31-17)20(30-2)18(13)16(29)6-4-12-3-5-14(21(23,24)25)10-15(12)22(26,27)28/h3,5,9-10,16H,7-8,11H2,1-2H3. The minimum absolute atomic E-state index is 0.0151. The largest absolute Gasteiger partial charge is 0.492 e. The van der Waals surface area contributed by atoms with Crippen LogP contribution in [0.5, 0.6) is 17.2 Å². The second-order valence-electron chi connectivity index (χ2n) is 7.37. The smallest absolute Gasteiger partial charge is 0.417 e. The summed E-state index contributed by atoms with van der Waals surface area (Å²) in [6.45, 7) is 0.579. The van der Waals surface area contributed by atoms with Crippen LogP contribution in [0.1, 0.15) is 33.9 Å². The van der Waals surface area contributed by atoms with Crippen LogP contribution in [0.3, 0.4) is 0 Å². The highest BCUT2D eigenvalue weighted by Crippen LogP contribution is 2.49. The van der Waals surface area contributed by atoms with E-state index in [0.717, 1.165) is 11.6 Å². The van der Waals surface area contributed by atoms with Crippen LogP contribution in [0.4, 0.5) is 26.3 Å². The molecule has 0 N–H and O–H groups in total. The fourth-order valence-corrected chi connectivity index (χ4v) is 3.83. The zero-order valence-corrected chi connectivity index (χ0v) is 16.9. The Morgan fingerprint density at radius 3 is 2.47 bits per heavy atom. The molecule has 2 aromatic carbocycles. The van der Waals surface area contributed by atoms with E-state index in [9.17, 15) is 26.3 Å². The van der Waals surface area contributed by atoms with Gasteiger partial charge in [-0.25, -0.2) is 0 Å². The summed E-state index contributed by atoms with van der Waals surface area (Å²) in [5.74, 6) is 6.53. The molecule has 32 heavy (non-hydrogen) atoms. The predicted molar refractivity (Wildman–Crippen MR) is 102 cm³/mol. The predicted octanol–water partition coefficient (Wildman–Crippen LogP) is 5.04. The van der Waals surface area contributed by atoms with E-state index in [1.54, 1.807) is 13.1 Å². The van der Waals surface area contributed by atoms with Gasteiger partial charge in [0.25, 0.3) is 0 Å². The summed E-state index contributed by atoms with van der Waals surface area (Å²) >= 11 is 0. The van der Waals surface area contributed by atoms with Crippen LogP contribution in [0.25, 0.3) is 0 Å². The number of methoxy groups -OCH3 is 1. The normalized spacial score (nSPS) is 18.1. The van der Waals surface area contributed by atoms with E-state index in [-0.39, 0.29) is 12.9 Å². The zero-order valence-electron chi connectivity index (χ0n) is 16.9. The topological polar surface area (TPSA) is 30.9 Å². The Kier molecular flexibility index (Phi) is 5.41. The Morgan fingerprint density at radius 2 is 1.81 bits per heavy atom. The lowest BCUT2D eigenvalue weighted by Gasteiger charge is -2.32. The first-order chi connectivity index (χ1) is 15.0. The van der Waals surface area contributed by atoms with Gasteiger partial charge in [0.1, 0.15) is 6.04 Å². The third-order valence-electron chi connectivity index (χ3n) is 5.39. The van der Waals surface area contributed by atoms with Gasteiger partial charge in [-0.15, -0.1) is 0 Å². The molecule has 0 amide bonds. The van der Waals surface area contributed by atoms with Crippen molar-refractivity contribution < 1.29 is 40.6 Å². The summed E-state index contributed by atoms with van der Waals surface area (Å²) in [6, 6.07) is 2.56. The number of hydrogen-bond donors (Lipinski definition) is 0. The van der Waals surface area contributed by atoms with Gasteiger partial charge in [0, 0.05) is 17.7 Å². The molecule has 2 aliphatic rings. The van der Waals surface area contributed by atoms with Crippen molar-refractivity contribution in [3.63, 3.8) is 0 Å². The van der Waals surface area contributed by atoms with Crippen LogP contribution >= 0.6 is 0 Å². The number of rotatable bonds is 1. The molecule has 2 heterocycles. The molecule has 2 aromatic rings. The molecule has 4 nitrogen and oxygen atoms in total. The molecule has 10 heteroatoms. The second-order valence-corrected chi connectivity index (χ2v) is 7.37. The van der Waals surface area contributed by atoms with Crippen molar-refractivity contribution in [1.29, 1.82) is 0 Å². The van der Waals surface area contributed by atoms with Crippen molar-refractivity contribution in [3.8, 4) is 29.1 Å². The summed E-state index contributed by atoms with van der Waals surface area (Å²) in [4.78, 5) is 1.83. The zero-order chi connectivity index (χ0) is 23.3. The minimum Gasteiger partial charge on any atom is -0.492 e. The van der Waals surface area contributed by atoms with Gasteiger partial charge >= 0.3 is 12.4 Å². The van der Waals surface area contributed by atoms with Gasteiger partial charge in [0.05, 0.1) is 18.2 Å². The Hall–Kier alpha value is -3.06. The number of alkyl halides is 6.